The largest absolute Gasteiger partial charge is 0.357 e. The Kier molecular flexibility index (Phi) is 7.34. The minimum Gasteiger partial charge on any atom is -0.357 e. The van der Waals surface area contributed by atoms with E-state index in [1.165, 1.54) is 0 Å². The van der Waals surface area contributed by atoms with Gasteiger partial charge in [-0.05, 0) is 39.5 Å². The Bertz CT molecular complexity index is 437. The van der Waals surface area contributed by atoms with Gasteiger partial charge in [0, 0.05) is 57.8 Å². The van der Waals surface area contributed by atoms with Gasteiger partial charge in [-0.3, -0.25) is 14.7 Å². The summed E-state index contributed by atoms with van der Waals surface area (Å²) in [5, 5.41) is 6.96. The van der Waals surface area contributed by atoms with E-state index in [4.69, 9.17) is 4.99 Å². The predicted molar refractivity (Wildman–Crippen MR) is 99.2 cm³/mol. The van der Waals surface area contributed by atoms with E-state index in [0.717, 1.165) is 64.5 Å². The van der Waals surface area contributed by atoms with Gasteiger partial charge in [0.15, 0.2) is 5.96 Å². The summed E-state index contributed by atoms with van der Waals surface area (Å²) in [5.41, 5.74) is 0. The zero-order valence-corrected chi connectivity index (χ0v) is 15.8. The monoisotopic (exact) mass is 337 g/mol. The molecule has 2 rings (SSSR count). The normalized spacial score (nSPS) is 25.8. The van der Waals surface area contributed by atoms with Gasteiger partial charge in [0.05, 0.1) is 0 Å². The van der Waals surface area contributed by atoms with Gasteiger partial charge in [-0.15, -0.1) is 0 Å². The molecule has 0 aromatic rings. The summed E-state index contributed by atoms with van der Waals surface area (Å²) in [6.07, 6.45) is 2.66. The van der Waals surface area contributed by atoms with Gasteiger partial charge in [0.25, 0.3) is 0 Å². The SMILES string of the molecule is CCNC(=NCCCN1CCCC1=O)NC1CN(C(C)C)CC1C. The summed E-state index contributed by atoms with van der Waals surface area (Å²) in [7, 11) is 0. The van der Waals surface area contributed by atoms with Crippen molar-refractivity contribution in [2.75, 3.05) is 39.3 Å². The average Bonchev–Trinajstić information content (AvgIpc) is 3.10. The number of amides is 1. The molecule has 2 aliphatic heterocycles. The minimum absolute atomic E-state index is 0.303. The van der Waals surface area contributed by atoms with Crippen molar-refractivity contribution in [3.05, 3.63) is 0 Å². The number of hydrogen-bond donors (Lipinski definition) is 2. The summed E-state index contributed by atoms with van der Waals surface area (Å²) in [6.45, 7) is 14.5. The van der Waals surface area contributed by atoms with E-state index in [9.17, 15) is 4.79 Å². The van der Waals surface area contributed by atoms with Crippen molar-refractivity contribution in [2.24, 2.45) is 10.9 Å². The Labute approximate surface area is 147 Å². The molecule has 0 bridgehead atoms. The molecule has 2 N–H and O–H groups in total. The van der Waals surface area contributed by atoms with Crippen LogP contribution in [-0.2, 0) is 4.79 Å². The molecule has 2 heterocycles. The Morgan fingerprint density at radius 3 is 2.75 bits per heavy atom. The van der Waals surface area contributed by atoms with Crippen molar-refractivity contribution >= 4 is 11.9 Å². The van der Waals surface area contributed by atoms with Crippen LogP contribution in [-0.4, -0.2) is 73.0 Å². The average molecular weight is 338 g/mol. The van der Waals surface area contributed by atoms with Crippen molar-refractivity contribution in [2.45, 2.75) is 59.0 Å². The molecule has 2 atom stereocenters. The molecular weight excluding hydrogens is 302 g/mol. The first-order valence-electron chi connectivity index (χ1n) is 9.58. The lowest BCUT2D eigenvalue weighted by atomic mass is 10.1. The standard InChI is InChI=1S/C18H35N5O/c1-5-19-18(20-9-7-11-22-10-6-8-17(22)24)21-16-13-23(14(2)3)12-15(16)4/h14-16H,5-13H2,1-4H3,(H2,19,20,21). The maximum Gasteiger partial charge on any atom is 0.222 e. The number of hydrogen-bond acceptors (Lipinski definition) is 3. The molecule has 24 heavy (non-hydrogen) atoms. The second kappa shape index (κ2) is 9.25. The Hall–Kier alpha value is -1.30. The van der Waals surface area contributed by atoms with Crippen LogP contribution in [0.4, 0.5) is 0 Å². The summed E-state index contributed by atoms with van der Waals surface area (Å²) < 4.78 is 0. The molecule has 2 saturated heterocycles. The summed E-state index contributed by atoms with van der Waals surface area (Å²) >= 11 is 0. The molecule has 138 valence electrons. The number of likely N-dealkylation sites (tertiary alicyclic amines) is 2. The second-order valence-corrected chi connectivity index (χ2v) is 7.37. The van der Waals surface area contributed by atoms with Crippen molar-refractivity contribution in [1.29, 1.82) is 0 Å². The number of guanidine groups is 1. The first-order valence-corrected chi connectivity index (χ1v) is 9.58. The smallest absolute Gasteiger partial charge is 0.222 e. The van der Waals surface area contributed by atoms with Crippen LogP contribution >= 0.6 is 0 Å². The van der Waals surface area contributed by atoms with E-state index in [1.54, 1.807) is 0 Å². The molecule has 6 nitrogen and oxygen atoms in total. The molecule has 0 aromatic heterocycles. The van der Waals surface area contributed by atoms with E-state index in [0.29, 0.717) is 23.9 Å². The zero-order valence-electron chi connectivity index (χ0n) is 15.8. The summed E-state index contributed by atoms with van der Waals surface area (Å²) in [5.74, 6) is 1.84. The molecule has 1 amide bonds. The molecule has 0 spiro atoms. The highest BCUT2D eigenvalue weighted by Crippen LogP contribution is 2.18. The van der Waals surface area contributed by atoms with Crippen LogP contribution in [0, 0.1) is 5.92 Å². The summed E-state index contributed by atoms with van der Waals surface area (Å²) in [4.78, 5) is 20.8. The molecule has 2 aliphatic rings. The quantitative estimate of drug-likeness (QED) is 0.417. The number of carbonyl (C=O) groups excluding carboxylic acids is 1. The van der Waals surface area contributed by atoms with E-state index in [-0.39, 0.29) is 0 Å². The van der Waals surface area contributed by atoms with E-state index in [2.05, 4.69) is 43.2 Å². The minimum atomic E-state index is 0.303. The number of nitrogens with zero attached hydrogens (tertiary/aromatic N) is 3. The van der Waals surface area contributed by atoms with Crippen LogP contribution in [0.3, 0.4) is 0 Å². The number of nitrogens with one attached hydrogen (secondary N) is 2. The first kappa shape index (κ1) is 19.0. The summed E-state index contributed by atoms with van der Waals surface area (Å²) in [6, 6.07) is 1.04. The molecule has 0 aromatic carbocycles. The van der Waals surface area contributed by atoms with Crippen LogP contribution in [0.2, 0.25) is 0 Å². The molecule has 0 saturated carbocycles. The van der Waals surface area contributed by atoms with Gasteiger partial charge < -0.3 is 15.5 Å². The maximum absolute atomic E-state index is 11.6. The molecular formula is C18H35N5O. The van der Waals surface area contributed by atoms with Crippen molar-refractivity contribution < 1.29 is 4.79 Å². The third-order valence-corrected chi connectivity index (χ3v) is 5.06. The number of carbonyl (C=O) groups is 1. The highest BCUT2D eigenvalue weighted by molar-refractivity contribution is 5.80. The van der Waals surface area contributed by atoms with Crippen molar-refractivity contribution in [3.8, 4) is 0 Å². The Morgan fingerprint density at radius 2 is 2.17 bits per heavy atom. The van der Waals surface area contributed by atoms with Crippen molar-refractivity contribution in [1.82, 2.24) is 20.4 Å². The zero-order chi connectivity index (χ0) is 17.5. The highest BCUT2D eigenvalue weighted by atomic mass is 16.2. The Balaban J connectivity index is 1.79. The van der Waals surface area contributed by atoms with E-state index in [1.807, 2.05) is 4.90 Å². The molecule has 2 unspecified atom stereocenters. The third-order valence-electron chi connectivity index (χ3n) is 5.06. The lowest BCUT2D eigenvalue weighted by Crippen LogP contribution is -2.47. The van der Waals surface area contributed by atoms with Gasteiger partial charge in [0.1, 0.15) is 0 Å². The fraction of sp³-hybridized carbons (Fsp3) is 0.889. The fourth-order valence-electron chi connectivity index (χ4n) is 3.50. The molecule has 2 fully saturated rings. The van der Waals surface area contributed by atoms with Gasteiger partial charge in [-0.1, -0.05) is 6.92 Å². The Morgan fingerprint density at radius 1 is 1.38 bits per heavy atom. The fourth-order valence-corrected chi connectivity index (χ4v) is 3.50. The van der Waals surface area contributed by atoms with Crippen molar-refractivity contribution in [3.63, 3.8) is 0 Å². The lowest BCUT2D eigenvalue weighted by Gasteiger charge is -2.22. The highest BCUT2D eigenvalue weighted by Gasteiger charge is 2.31. The topological polar surface area (TPSA) is 60.0 Å². The van der Waals surface area contributed by atoms with Crippen LogP contribution in [0.15, 0.2) is 4.99 Å². The second-order valence-electron chi connectivity index (χ2n) is 7.37. The van der Waals surface area contributed by atoms with Gasteiger partial charge in [-0.25, -0.2) is 0 Å². The van der Waals surface area contributed by atoms with Crippen LogP contribution in [0.1, 0.15) is 47.0 Å². The van der Waals surface area contributed by atoms with Gasteiger partial charge >= 0.3 is 0 Å². The molecule has 0 aliphatic carbocycles. The first-order chi connectivity index (χ1) is 11.5. The number of rotatable bonds is 7. The third kappa shape index (κ3) is 5.36. The van der Waals surface area contributed by atoms with E-state index < -0.39 is 0 Å². The predicted octanol–water partition coefficient (Wildman–Crippen LogP) is 1.28. The van der Waals surface area contributed by atoms with Crippen LogP contribution in [0.5, 0.6) is 0 Å². The molecule has 6 heteroatoms. The lowest BCUT2D eigenvalue weighted by molar-refractivity contribution is -0.127. The van der Waals surface area contributed by atoms with Gasteiger partial charge in [-0.2, -0.15) is 0 Å². The molecule has 0 radical (unpaired) electrons. The van der Waals surface area contributed by atoms with Crippen LogP contribution < -0.4 is 10.6 Å². The van der Waals surface area contributed by atoms with E-state index >= 15 is 0 Å². The van der Waals surface area contributed by atoms with Crippen LogP contribution in [0.25, 0.3) is 0 Å². The number of aliphatic imine (C=N–C) groups is 1. The maximum atomic E-state index is 11.6. The van der Waals surface area contributed by atoms with Gasteiger partial charge in [0.2, 0.25) is 5.91 Å².